The van der Waals surface area contributed by atoms with E-state index in [2.05, 4.69) is 59.9 Å². The summed E-state index contributed by atoms with van der Waals surface area (Å²) in [5.74, 6) is 0. The van der Waals surface area contributed by atoms with Crippen LogP contribution in [0.5, 0.6) is 0 Å². The van der Waals surface area contributed by atoms with Gasteiger partial charge >= 0.3 is 0 Å². The van der Waals surface area contributed by atoms with Gasteiger partial charge in [-0.15, -0.1) is 6.58 Å². The minimum atomic E-state index is 0.478. The number of unbranched alkanes of at least 4 members (excludes halogenated alkanes) is 3. The van der Waals surface area contributed by atoms with Crippen molar-refractivity contribution in [2.24, 2.45) is 0 Å². The maximum absolute atomic E-state index is 3.77. The molecule has 0 spiro atoms. The van der Waals surface area contributed by atoms with Crippen LogP contribution in [0.1, 0.15) is 56.2 Å². The van der Waals surface area contributed by atoms with Crippen LogP contribution >= 0.6 is 15.9 Å². The van der Waals surface area contributed by atoms with Gasteiger partial charge in [0.25, 0.3) is 0 Å². The fourth-order valence-electron chi connectivity index (χ4n) is 2.41. The number of hydrogen-bond acceptors (Lipinski definition) is 1. The summed E-state index contributed by atoms with van der Waals surface area (Å²) in [4.78, 5) is 0. The highest BCUT2D eigenvalue weighted by molar-refractivity contribution is 9.10. The summed E-state index contributed by atoms with van der Waals surface area (Å²) in [5.41, 5.74) is 2.81. The van der Waals surface area contributed by atoms with Crippen molar-refractivity contribution in [1.82, 2.24) is 5.32 Å². The first-order valence-corrected chi connectivity index (χ1v) is 8.08. The van der Waals surface area contributed by atoms with E-state index in [0.717, 1.165) is 13.0 Å². The molecule has 0 bridgehead atoms. The van der Waals surface area contributed by atoms with Crippen LogP contribution in [0, 0.1) is 6.92 Å². The smallest absolute Gasteiger partial charge is 0.0323 e. The Hall–Kier alpha value is -0.600. The van der Waals surface area contributed by atoms with Gasteiger partial charge < -0.3 is 5.32 Å². The van der Waals surface area contributed by atoms with Crippen molar-refractivity contribution >= 4 is 15.9 Å². The Kier molecular flexibility index (Phi) is 8.08. The molecule has 1 nitrogen and oxygen atoms in total. The number of hydrogen-bond donors (Lipinski definition) is 1. The van der Waals surface area contributed by atoms with E-state index >= 15 is 0 Å². The van der Waals surface area contributed by atoms with Crippen LogP contribution in [0.15, 0.2) is 35.3 Å². The van der Waals surface area contributed by atoms with Gasteiger partial charge in [0.15, 0.2) is 0 Å². The van der Waals surface area contributed by atoms with Crippen LogP contribution in [0.3, 0.4) is 0 Å². The van der Waals surface area contributed by atoms with Gasteiger partial charge in [0.05, 0.1) is 0 Å². The zero-order valence-electron chi connectivity index (χ0n) is 12.2. The monoisotopic (exact) mass is 323 g/mol. The number of nitrogens with one attached hydrogen (secondary N) is 1. The van der Waals surface area contributed by atoms with Gasteiger partial charge in [-0.25, -0.2) is 0 Å². The Morgan fingerprint density at radius 2 is 2.11 bits per heavy atom. The molecular weight excluding hydrogens is 298 g/mol. The summed E-state index contributed by atoms with van der Waals surface area (Å²) >= 11 is 3.58. The molecule has 0 aromatic heterocycles. The Morgan fingerprint density at radius 1 is 1.32 bits per heavy atom. The summed E-state index contributed by atoms with van der Waals surface area (Å²) in [6, 6.07) is 7.05. The van der Waals surface area contributed by atoms with Crippen molar-refractivity contribution in [3.05, 3.63) is 46.5 Å². The molecule has 19 heavy (non-hydrogen) atoms. The summed E-state index contributed by atoms with van der Waals surface area (Å²) in [6.45, 7) is 9.17. The summed E-state index contributed by atoms with van der Waals surface area (Å²) in [5, 5.41) is 3.62. The third-order valence-electron chi connectivity index (χ3n) is 3.47. The molecule has 0 amide bonds. The summed E-state index contributed by atoms with van der Waals surface area (Å²) in [6.07, 6.45) is 8.20. The van der Waals surface area contributed by atoms with Crippen molar-refractivity contribution in [2.75, 3.05) is 6.54 Å². The Morgan fingerprint density at radius 3 is 2.79 bits per heavy atom. The minimum absolute atomic E-state index is 0.478. The molecule has 1 aromatic carbocycles. The molecule has 1 aromatic rings. The lowest BCUT2D eigenvalue weighted by molar-refractivity contribution is 0.482. The van der Waals surface area contributed by atoms with Gasteiger partial charge in [0.2, 0.25) is 0 Å². The molecule has 1 atom stereocenters. The molecule has 0 saturated carbocycles. The molecule has 2 heteroatoms. The van der Waals surface area contributed by atoms with E-state index < -0.39 is 0 Å². The predicted molar refractivity (Wildman–Crippen MR) is 88.6 cm³/mol. The average Bonchev–Trinajstić information content (AvgIpc) is 2.40. The molecule has 1 unspecified atom stereocenters. The molecule has 0 heterocycles. The molecule has 0 aliphatic heterocycles. The van der Waals surface area contributed by atoms with E-state index in [9.17, 15) is 0 Å². The number of aryl methyl sites for hydroxylation is 1. The lowest BCUT2D eigenvalue weighted by Gasteiger charge is -2.20. The second kappa shape index (κ2) is 9.33. The topological polar surface area (TPSA) is 12.0 Å². The first-order valence-electron chi connectivity index (χ1n) is 7.29. The van der Waals surface area contributed by atoms with Crippen LogP contribution in [-0.4, -0.2) is 6.54 Å². The van der Waals surface area contributed by atoms with Crippen LogP contribution in [-0.2, 0) is 0 Å². The minimum Gasteiger partial charge on any atom is -0.310 e. The number of halogens is 1. The highest BCUT2D eigenvalue weighted by Crippen LogP contribution is 2.26. The van der Waals surface area contributed by atoms with Crippen molar-refractivity contribution in [2.45, 2.75) is 52.0 Å². The second-order valence-electron chi connectivity index (χ2n) is 5.04. The highest BCUT2D eigenvalue weighted by Gasteiger charge is 2.12. The standard InChI is InChI=1S/C17H26BrN/c1-4-6-7-8-9-10-17(19-5-2)16-13-15(18)12-11-14(16)3/h4,11-13,17,19H,1,5-10H2,2-3H3. The molecule has 0 saturated heterocycles. The van der Waals surface area contributed by atoms with E-state index in [1.165, 1.54) is 41.3 Å². The van der Waals surface area contributed by atoms with E-state index in [-0.39, 0.29) is 0 Å². The fourth-order valence-corrected chi connectivity index (χ4v) is 2.79. The Bertz CT molecular complexity index is 387. The number of allylic oxidation sites excluding steroid dienone is 1. The van der Waals surface area contributed by atoms with Crippen molar-refractivity contribution in [1.29, 1.82) is 0 Å². The highest BCUT2D eigenvalue weighted by atomic mass is 79.9. The molecule has 0 aliphatic rings. The molecule has 0 radical (unpaired) electrons. The summed E-state index contributed by atoms with van der Waals surface area (Å²) in [7, 11) is 0. The average molecular weight is 324 g/mol. The van der Waals surface area contributed by atoms with Gasteiger partial charge in [-0.2, -0.15) is 0 Å². The Balaban J connectivity index is 2.60. The third-order valence-corrected chi connectivity index (χ3v) is 3.96. The zero-order chi connectivity index (χ0) is 14.1. The van der Waals surface area contributed by atoms with Crippen LogP contribution < -0.4 is 5.32 Å². The lowest BCUT2D eigenvalue weighted by atomic mass is 9.96. The first kappa shape index (κ1) is 16.5. The molecule has 1 rings (SSSR count). The maximum atomic E-state index is 3.77. The van der Waals surface area contributed by atoms with Gasteiger partial charge in [-0.05, 0) is 56.0 Å². The van der Waals surface area contributed by atoms with E-state index in [4.69, 9.17) is 0 Å². The van der Waals surface area contributed by atoms with Crippen LogP contribution in [0.25, 0.3) is 0 Å². The van der Waals surface area contributed by atoms with Crippen molar-refractivity contribution in [3.8, 4) is 0 Å². The predicted octanol–water partition coefficient (Wildman–Crippen LogP) is 5.54. The molecule has 106 valence electrons. The van der Waals surface area contributed by atoms with Crippen molar-refractivity contribution in [3.63, 3.8) is 0 Å². The van der Waals surface area contributed by atoms with Gasteiger partial charge in [0.1, 0.15) is 0 Å². The summed E-state index contributed by atoms with van der Waals surface area (Å²) < 4.78 is 1.17. The van der Waals surface area contributed by atoms with E-state index in [1.54, 1.807) is 0 Å². The second-order valence-corrected chi connectivity index (χ2v) is 5.95. The quantitative estimate of drug-likeness (QED) is 0.464. The van der Waals surface area contributed by atoms with Gasteiger partial charge in [-0.3, -0.25) is 0 Å². The molecule has 0 fully saturated rings. The lowest BCUT2D eigenvalue weighted by Crippen LogP contribution is -2.21. The molecule has 1 N–H and O–H groups in total. The number of rotatable bonds is 9. The Labute approximate surface area is 126 Å². The van der Waals surface area contributed by atoms with E-state index in [0.29, 0.717) is 6.04 Å². The first-order chi connectivity index (χ1) is 9.19. The molecule has 0 aliphatic carbocycles. The van der Waals surface area contributed by atoms with Crippen LogP contribution in [0.2, 0.25) is 0 Å². The fraction of sp³-hybridized carbons (Fsp3) is 0.529. The van der Waals surface area contributed by atoms with Crippen LogP contribution in [0.4, 0.5) is 0 Å². The van der Waals surface area contributed by atoms with E-state index in [1.807, 2.05) is 6.08 Å². The normalized spacial score (nSPS) is 12.4. The number of benzene rings is 1. The van der Waals surface area contributed by atoms with Gasteiger partial charge in [-0.1, -0.05) is 47.8 Å². The maximum Gasteiger partial charge on any atom is 0.0323 e. The SMILES string of the molecule is C=CCCCCCC(NCC)c1cc(Br)ccc1C. The largest absolute Gasteiger partial charge is 0.310 e. The third kappa shape index (κ3) is 5.92. The zero-order valence-corrected chi connectivity index (χ0v) is 13.8. The molecular formula is C17H26BrN. The van der Waals surface area contributed by atoms with Crippen molar-refractivity contribution < 1.29 is 0 Å². The van der Waals surface area contributed by atoms with Gasteiger partial charge in [0, 0.05) is 10.5 Å².